The van der Waals surface area contributed by atoms with Gasteiger partial charge < -0.3 is 4.90 Å². The first-order valence-corrected chi connectivity index (χ1v) is 9.86. The van der Waals surface area contributed by atoms with Crippen LogP contribution in [-0.4, -0.2) is 60.6 Å². The number of hydrogen-bond acceptors (Lipinski definition) is 3. The number of hydrogen-bond donors (Lipinski definition) is 0. The Hall–Kier alpha value is -1.44. The maximum atomic E-state index is 12.8. The highest BCUT2D eigenvalue weighted by molar-refractivity contribution is 7.86. The first-order chi connectivity index (χ1) is 11.4. The summed E-state index contributed by atoms with van der Waals surface area (Å²) in [6, 6.07) is 7.85. The number of amides is 1. The highest BCUT2D eigenvalue weighted by Crippen LogP contribution is 2.19. The molecule has 0 atom stereocenters. The van der Waals surface area contributed by atoms with Crippen LogP contribution in [0.1, 0.15) is 31.4 Å². The van der Waals surface area contributed by atoms with Crippen LogP contribution in [0.25, 0.3) is 0 Å². The van der Waals surface area contributed by atoms with Gasteiger partial charge in [0.15, 0.2) is 0 Å². The van der Waals surface area contributed by atoms with Crippen molar-refractivity contribution in [2.75, 3.05) is 32.7 Å². The van der Waals surface area contributed by atoms with Crippen LogP contribution in [0.4, 0.5) is 0 Å². The molecule has 0 radical (unpaired) electrons. The van der Waals surface area contributed by atoms with E-state index in [1.165, 1.54) is 8.61 Å². The number of nitrogens with zero attached hydrogens (tertiary/aromatic N) is 3. The van der Waals surface area contributed by atoms with Gasteiger partial charge in [-0.05, 0) is 32.8 Å². The maximum Gasteiger partial charge on any atom is 0.282 e. The number of carbonyl (C=O) groups is 1. The summed E-state index contributed by atoms with van der Waals surface area (Å²) in [7, 11) is -3.60. The fourth-order valence-corrected chi connectivity index (χ4v) is 4.61. The molecule has 1 amide bonds. The van der Waals surface area contributed by atoms with E-state index >= 15 is 0 Å². The van der Waals surface area contributed by atoms with E-state index in [1.807, 2.05) is 45.0 Å². The number of carbonyl (C=O) groups excluding carboxylic acids is 1. The molecule has 1 aliphatic heterocycles. The van der Waals surface area contributed by atoms with Crippen molar-refractivity contribution in [1.82, 2.24) is 13.5 Å². The molecule has 1 aliphatic rings. The van der Waals surface area contributed by atoms with Gasteiger partial charge in [-0.2, -0.15) is 17.0 Å². The van der Waals surface area contributed by atoms with Crippen LogP contribution in [0.2, 0.25) is 0 Å². The molecule has 0 aliphatic carbocycles. The Bertz CT molecular complexity index is 671. The maximum absolute atomic E-state index is 12.8. The Morgan fingerprint density at radius 3 is 2.46 bits per heavy atom. The molecule has 0 aromatic heterocycles. The van der Waals surface area contributed by atoms with Crippen molar-refractivity contribution in [3.05, 3.63) is 35.4 Å². The van der Waals surface area contributed by atoms with Gasteiger partial charge in [0.05, 0.1) is 6.54 Å². The molecule has 6 nitrogen and oxygen atoms in total. The van der Waals surface area contributed by atoms with Crippen molar-refractivity contribution in [3.8, 4) is 0 Å². The number of rotatable bonds is 6. The minimum atomic E-state index is -3.60. The molecular weight excluding hydrogens is 326 g/mol. The summed E-state index contributed by atoms with van der Waals surface area (Å²) in [5.41, 5.74) is 2.07. The van der Waals surface area contributed by atoms with E-state index in [0.717, 1.165) is 17.5 Å². The van der Waals surface area contributed by atoms with Gasteiger partial charge in [-0.15, -0.1) is 0 Å². The molecule has 0 unspecified atom stereocenters. The van der Waals surface area contributed by atoms with Gasteiger partial charge >= 0.3 is 0 Å². The lowest BCUT2D eigenvalue weighted by Crippen LogP contribution is -2.52. The molecule has 24 heavy (non-hydrogen) atoms. The van der Waals surface area contributed by atoms with E-state index in [1.54, 1.807) is 4.90 Å². The Morgan fingerprint density at radius 2 is 1.83 bits per heavy atom. The molecule has 0 bridgehead atoms. The number of aryl methyl sites for hydroxylation is 1. The van der Waals surface area contributed by atoms with Crippen molar-refractivity contribution in [2.45, 2.75) is 33.7 Å². The lowest BCUT2D eigenvalue weighted by molar-refractivity contribution is -0.131. The molecule has 1 aromatic rings. The van der Waals surface area contributed by atoms with E-state index in [0.29, 0.717) is 32.7 Å². The van der Waals surface area contributed by atoms with Crippen molar-refractivity contribution in [2.24, 2.45) is 0 Å². The lowest BCUT2D eigenvalue weighted by Gasteiger charge is -2.35. The van der Waals surface area contributed by atoms with Gasteiger partial charge in [0, 0.05) is 32.7 Å². The molecule has 0 N–H and O–H groups in total. The van der Waals surface area contributed by atoms with Crippen LogP contribution in [0.5, 0.6) is 0 Å². The normalized spacial score (nSPS) is 18.5. The molecular formula is C17H27N3O3S. The van der Waals surface area contributed by atoms with Gasteiger partial charge in [-0.3, -0.25) is 4.79 Å². The molecule has 0 saturated carbocycles. The van der Waals surface area contributed by atoms with Crippen molar-refractivity contribution >= 4 is 16.1 Å². The van der Waals surface area contributed by atoms with Crippen LogP contribution < -0.4 is 0 Å². The smallest absolute Gasteiger partial charge is 0.282 e. The zero-order valence-electron chi connectivity index (χ0n) is 14.7. The van der Waals surface area contributed by atoms with Crippen molar-refractivity contribution in [3.63, 3.8) is 0 Å². The van der Waals surface area contributed by atoms with E-state index in [2.05, 4.69) is 0 Å². The monoisotopic (exact) mass is 353 g/mol. The first-order valence-electron chi connectivity index (χ1n) is 8.47. The molecule has 1 fully saturated rings. The van der Waals surface area contributed by atoms with Crippen molar-refractivity contribution < 1.29 is 13.2 Å². The third-order valence-corrected chi connectivity index (χ3v) is 6.27. The summed E-state index contributed by atoms with van der Waals surface area (Å²) in [5, 5.41) is 0. The molecule has 1 aromatic carbocycles. The highest BCUT2D eigenvalue weighted by atomic mass is 32.2. The van der Waals surface area contributed by atoms with Crippen LogP contribution >= 0.6 is 0 Å². The van der Waals surface area contributed by atoms with Gasteiger partial charge in [0.2, 0.25) is 5.91 Å². The average Bonchev–Trinajstić information content (AvgIpc) is 2.53. The third kappa shape index (κ3) is 4.34. The Kier molecular flexibility index (Phi) is 6.37. The van der Waals surface area contributed by atoms with Crippen LogP contribution in [0.15, 0.2) is 24.3 Å². The Labute approximate surface area is 145 Å². The SMILES string of the molecule is CCN(CC)C(=O)CN1CCCN(Cc2cccc(C)c2)S1(=O)=O. The fourth-order valence-electron chi connectivity index (χ4n) is 2.98. The highest BCUT2D eigenvalue weighted by Gasteiger charge is 2.35. The minimum absolute atomic E-state index is 0.0751. The number of benzene rings is 1. The van der Waals surface area contributed by atoms with Gasteiger partial charge in [0.25, 0.3) is 10.2 Å². The molecule has 2 rings (SSSR count). The van der Waals surface area contributed by atoms with Gasteiger partial charge in [-0.1, -0.05) is 29.8 Å². The second kappa shape index (κ2) is 8.09. The second-order valence-electron chi connectivity index (χ2n) is 6.08. The van der Waals surface area contributed by atoms with Crippen LogP contribution in [0, 0.1) is 6.92 Å². The zero-order valence-corrected chi connectivity index (χ0v) is 15.6. The van der Waals surface area contributed by atoms with Crippen molar-refractivity contribution in [1.29, 1.82) is 0 Å². The lowest BCUT2D eigenvalue weighted by atomic mass is 10.1. The second-order valence-corrected chi connectivity index (χ2v) is 8.01. The standard InChI is InChI=1S/C17H27N3O3S/c1-4-18(5-2)17(21)14-20-11-7-10-19(24(20,22)23)13-16-9-6-8-15(3)12-16/h6,8-9,12H,4-5,7,10-11,13-14H2,1-3H3. The average molecular weight is 353 g/mol. The predicted molar refractivity (Wildman–Crippen MR) is 94.6 cm³/mol. The topological polar surface area (TPSA) is 60.9 Å². The van der Waals surface area contributed by atoms with Gasteiger partial charge in [0.1, 0.15) is 0 Å². The summed E-state index contributed by atoms with van der Waals surface area (Å²) in [5.74, 6) is -0.138. The Balaban J connectivity index is 2.11. The van der Waals surface area contributed by atoms with Crippen LogP contribution in [-0.2, 0) is 21.5 Å². The summed E-state index contributed by atoms with van der Waals surface area (Å²) in [4.78, 5) is 13.9. The minimum Gasteiger partial charge on any atom is -0.342 e. The molecule has 134 valence electrons. The molecule has 7 heteroatoms. The summed E-state index contributed by atoms with van der Waals surface area (Å²) < 4.78 is 28.4. The predicted octanol–water partition coefficient (Wildman–Crippen LogP) is 1.62. The van der Waals surface area contributed by atoms with Gasteiger partial charge in [-0.25, -0.2) is 0 Å². The first kappa shape index (κ1) is 18.9. The third-order valence-electron chi connectivity index (χ3n) is 4.34. The summed E-state index contributed by atoms with van der Waals surface area (Å²) in [6.07, 6.45) is 0.733. The zero-order chi connectivity index (χ0) is 17.7. The van der Waals surface area contributed by atoms with Crippen LogP contribution in [0.3, 0.4) is 0 Å². The number of likely N-dealkylation sites (N-methyl/N-ethyl adjacent to an activating group) is 1. The summed E-state index contributed by atoms with van der Waals surface area (Å²) in [6.45, 7) is 8.14. The summed E-state index contributed by atoms with van der Waals surface area (Å²) >= 11 is 0. The molecule has 1 saturated heterocycles. The van der Waals surface area contributed by atoms with E-state index in [4.69, 9.17) is 0 Å². The molecule has 0 spiro atoms. The Morgan fingerprint density at radius 1 is 1.17 bits per heavy atom. The largest absolute Gasteiger partial charge is 0.342 e. The van der Waals surface area contributed by atoms with E-state index < -0.39 is 10.2 Å². The van der Waals surface area contributed by atoms with E-state index in [9.17, 15) is 13.2 Å². The quantitative estimate of drug-likeness (QED) is 0.781. The fraction of sp³-hybridized carbons (Fsp3) is 0.588. The molecule has 1 heterocycles. The van der Waals surface area contributed by atoms with E-state index in [-0.39, 0.29) is 12.5 Å².